The van der Waals surface area contributed by atoms with Crippen molar-refractivity contribution < 1.29 is 29.6 Å². The highest BCUT2D eigenvalue weighted by atomic mass is 16.5. The number of phenolic OH excluding ortho intramolecular Hbond substituents is 1. The number of aliphatic hydroxyl groups is 2. The average molecular weight is 487 g/mol. The van der Waals surface area contributed by atoms with Gasteiger partial charge in [0.1, 0.15) is 29.3 Å². The molecule has 0 spiro atoms. The Morgan fingerprint density at radius 2 is 1.83 bits per heavy atom. The van der Waals surface area contributed by atoms with Crippen LogP contribution in [-0.4, -0.2) is 46.2 Å². The highest BCUT2D eigenvalue weighted by molar-refractivity contribution is 5.73. The maximum atomic E-state index is 11.7. The zero-order valence-electron chi connectivity index (χ0n) is 22.0. The molecule has 6 heteroatoms. The molecular weight excluding hydrogens is 444 g/mol. The van der Waals surface area contributed by atoms with Crippen LogP contribution in [0.25, 0.3) is 0 Å². The van der Waals surface area contributed by atoms with E-state index in [1.165, 1.54) is 24.8 Å². The van der Waals surface area contributed by atoms with Crippen molar-refractivity contribution in [2.75, 3.05) is 7.11 Å². The number of aromatic hydroxyl groups is 1. The van der Waals surface area contributed by atoms with Crippen molar-refractivity contribution >= 4 is 5.97 Å². The van der Waals surface area contributed by atoms with E-state index in [1.54, 1.807) is 18.2 Å². The van der Waals surface area contributed by atoms with Crippen LogP contribution < -0.4 is 4.74 Å². The van der Waals surface area contributed by atoms with E-state index in [-0.39, 0.29) is 12.2 Å². The first kappa shape index (κ1) is 30.2. The van der Waals surface area contributed by atoms with Crippen molar-refractivity contribution in [3.05, 3.63) is 71.4 Å². The second-order valence-electron chi connectivity index (χ2n) is 9.42. The maximum Gasteiger partial charge on any atom is 0.310 e. The third kappa shape index (κ3) is 11.0. The molecule has 1 aromatic carbocycles. The molecule has 0 aromatic heterocycles. The quantitative estimate of drug-likeness (QED) is 0.235. The first-order valence-electron chi connectivity index (χ1n) is 12.0. The number of benzene rings is 1. The summed E-state index contributed by atoms with van der Waals surface area (Å²) in [6, 6.07) is 4.67. The first-order valence-corrected chi connectivity index (χ1v) is 12.0. The van der Waals surface area contributed by atoms with Crippen molar-refractivity contribution in [1.82, 2.24) is 0 Å². The van der Waals surface area contributed by atoms with E-state index in [9.17, 15) is 20.1 Å². The Bertz CT molecular complexity index is 938. The lowest BCUT2D eigenvalue weighted by atomic mass is 9.97. The molecule has 0 radical (unpaired) electrons. The normalized spacial score (nSPS) is 15.5. The Kier molecular flexibility index (Phi) is 12.5. The number of allylic oxidation sites excluding steroid dienone is 4. The Morgan fingerprint density at radius 3 is 2.43 bits per heavy atom. The molecule has 0 aliphatic heterocycles. The van der Waals surface area contributed by atoms with Gasteiger partial charge >= 0.3 is 5.97 Å². The molecular formula is C29H42O6. The van der Waals surface area contributed by atoms with Crippen LogP contribution in [0.1, 0.15) is 65.9 Å². The van der Waals surface area contributed by atoms with E-state index < -0.39 is 23.8 Å². The fraction of sp³-hybridized carbons (Fsp3) is 0.483. The minimum absolute atomic E-state index is 0.000530. The SMILES string of the molecule is C=C[C@@](C)(CCC=C(C)CCC=C(C)[C@H](O)[C@H](O)C=C(C)C)Oc1ccc(O)cc1CC(=O)OC. The van der Waals surface area contributed by atoms with Crippen LogP contribution in [0.2, 0.25) is 0 Å². The number of phenols is 1. The lowest BCUT2D eigenvalue weighted by Crippen LogP contribution is -2.30. The maximum absolute atomic E-state index is 11.7. The van der Waals surface area contributed by atoms with Gasteiger partial charge in [0.2, 0.25) is 0 Å². The summed E-state index contributed by atoms with van der Waals surface area (Å²) >= 11 is 0. The second kappa shape index (κ2) is 14.5. The molecule has 0 unspecified atom stereocenters. The monoisotopic (exact) mass is 486 g/mol. The summed E-state index contributed by atoms with van der Waals surface area (Å²) in [6.07, 6.45) is 8.79. The smallest absolute Gasteiger partial charge is 0.310 e. The number of hydrogen-bond donors (Lipinski definition) is 3. The van der Waals surface area contributed by atoms with Crippen molar-refractivity contribution in [2.45, 2.75) is 84.5 Å². The summed E-state index contributed by atoms with van der Waals surface area (Å²) in [7, 11) is 1.32. The van der Waals surface area contributed by atoms with E-state index in [2.05, 4.69) is 19.6 Å². The van der Waals surface area contributed by atoms with Crippen LogP contribution >= 0.6 is 0 Å². The minimum Gasteiger partial charge on any atom is -0.508 e. The third-order valence-corrected chi connectivity index (χ3v) is 5.81. The molecule has 194 valence electrons. The van der Waals surface area contributed by atoms with Crippen molar-refractivity contribution in [3.63, 3.8) is 0 Å². The van der Waals surface area contributed by atoms with Crippen LogP contribution in [0.5, 0.6) is 11.5 Å². The Labute approximate surface area is 210 Å². The molecule has 0 bridgehead atoms. The molecule has 3 atom stereocenters. The number of carbonyl (C=O) groups excluding carboxylic acids is 1. The Balaban J connectivity index is 2.72. The highest BCUT2D eigenvalue weighted by Crippen LogP contribution is 2.30. The molecule has 0 amide bonds. The molecule has 6 nitrogen and oxygen atoms in total. The molecule has 0 saturated carbocycles. The van der Waals surface area contributed by atoms with Crippen LogP contribution in [0.4, 0.5) is 0 Å². The highest BCUT2D eigenvalue weighted by Gasteiger charge is 2.24. The molecule has 0 heterocycles. The predicted molar refractivity (Wildman–Crippen MR) is 140 cm³/mol. The van der Waals surface area contributed by atoms with Gasteiger partial charge in [-0.2, -0.15) is 0 Å². The summed E-state index contributed by atoms with van der Waals surface area (Å²) in [6.45, 7) is 13.5. The van der Waals surface area contributed by atoms with Crippen LogP contribution in [-0.2, 0) is 16.0 Å². The fourth-order valence-corrected chi connectivity index (χ4v) is 3.53. The van der Waals surface area contributed by atoms with Gasteiger partial charge in [-0.1, -0.05) is 36.0 Å². The summed E-state index contributed by atoms with van der Waals surface area (Å²) in [4.78, 5) is 11.7. The Morgan fingerprint density at radius 1 is 1.14 bits per heavy atom. The molecule has 0 aliphatic rings. The largest absolute Gasteiger partial charge is 0.508 e. The summed E-state index contributed by atoms with van der Waals surface area (Å²) in [5.41, 5.74) is 2.82. The number of carbonyl (C=O) groups is 1. The van der Waals surface area contributed by atoms with Crippen LogP contribution in [0.15, 0.2) is 65.8 Å². The van der Waals surface area contributed by atoms with E-state index in [0.717, 1.165) is 30.4 Å². The van der Waals surface area contributed by atoms with Gasteiger partial charge in [-0.15, -0.1) is 0 Å². The van der Waals surface area contributed by atoms with Crippen molar-refractivity contribution in [2.24, 2.45) is 0 Å². The van der Waals surface area contributed by atoms with E-state index in [4.69, 9.17) is 9.47 Å². The van der Waals surface area contributed by atoms with Crippen LogP contribution in [0.3, 0.4) is 0 Å². The van der Waals surface area contributed by atoms with Gasteiger partial charge in [-0.3, -0.25) is 4.79 Å². The third-order valence-electron chi connectivity index (χ3n) is 5.81. The van der Waals surface area contributed by atoms with Gasteiger partial charge in [-0.25, -0.2) is 0 Å². The van der Waals surface area contributed by atoms with Gasteiger partial charge in [0.15, 0.2) is 0 Å². The van der Waals surface area contributed by atoms with Crippen LogP contribution in [0, 0.1) is 0 Å². The first-order chi connectivity index (χ1) is 16.4. The van der Waals surface area contributed by atoms with E-state index in [1.807, 2.05) is 33.8 Å². The zero-order valence-corrected chi connectivity index (χ0v) is 22.0. The lowest BCUT2D eigenvalue weighted by molar-refractivity contribution is -0.139. The summed E-state index contributed by atoms with van der Waals surface area (Å²) in [5, 5.41) is 30.1. The molecule has 1 rings (SSSR count). The molecule has 0 fully saturated rings. The minimum atomic E-state index is -0.899. The van der Waals surface area contributed by atoms with Gasteiger partial charge in [0.25, 0.3) is 0 Å². The van der Waals surface area contributed by atoms with Gasteiger partial charge in [0.05, 0.1) is 13.5 Å². The van der Waals surface area contributed by atoms with Gasteiger partial charge < -0.3 is 24.8 Å². The number of hydrogen-bond acceptors (Lipinski definition) is 6. The standard InChI is InChI=1S/C29H42O6/c1-8-29(6,35-26-15-14-24(30)18-23(26)19-27(32)34-7)16-10-12-21(4)11-9-13-22(5)28(33)25(31)17-20(2)3/h8,12-15,17-18,25,28,30-31,33H,1,9-11,16,19H2,2-7H3/t25-,28+,29+/m1/s1. The molecule has 0 aliphatic carbocycles. The zero-order chi connectivity index (χ0) is 26.6. The number of ether oxygens (including phenoxy) is 2. The summed E-state index contributed by atoms with van der Waals surface area (Å²) in [5.74, 6) is 0.145. The molecule has 0 saturated heterocycles. The Hall–Kier alpha value is -2.83. The summed E-state index contributed by atoms with van der Waals surface area (Å²) < 4.78 is 11.0. The fourth-order valence-electron chi connectivity index (χ4n) is 3.53. The molecule has 3 N–H and O–H groups in total. The van der Waals surface area contributed by atoms with E-state index in [0.29, 0.717) is 17.7 Å². The number of rotatable bonds is 14. The lowest BCUT2D eigenvalue weighted by Gasteiger charge is -2.28. The molecule has 1 aromatic rings. The van der Waals surface area contributed by atoms with E-state index >= 15 is 0 Å². The van der Waals surface area contributed by atoms with Gasteiger partial charge in [0, 0.05) is 5.56 Å². The topological polar surface area (TPSA) is 96.2 Å². The number of esters is 1. The average Bonchev–Trinajstić information content (AvgIpc) is 2.79. The number of aliphatic hydroxyl groups excluding tert-OH is 2. The van der Waals surface area contributed by atoms with Crippen molar-refractivity contribution in [3.8, 4) is 11.5 Å². The predicted octanol–water partition coefficient (Wildman–Crippen LogP) is 5.57. The van der Waals surface area contributed by atoms with Crippen molar-refractivity contribution in [1.29, 1.82) is 0 Å². The molecule has 35 heavy (non-hydrogen) atoms. The van der Waals surface area contributed by atoms with Gasteiger partial charge in [-0.05, 0) is 90.2 Å². The second-order valence-corrected chi connectivity index (χ2v) is 9.42. The number of methoxy groups -OCH3 is 1.